The first-order valence-corrected chi connectivity index (χ1v) is 8.11. The van der Waals surface area contributed by atoms with Crippen molar-refractivity contribution in [1.82, 2.24) is 19.7 Å². The second kappa shape index (κ2) is 8.17. The van der Waals surface area contributed by atoms with E-state index >= 15 is 0 Å². The van der Waals surface area contributed by atoms with Crippen molar-refractivity contribution in [1.29, 1.82) is 10.7 Å². The molecule has 1 atom stereocenters. The Labute approximate surface area is 143 Å². The number of carbonyl (C=O) groups is 1. The van der Waals surface area contributed by atoms with Crippen molar-refractivity contribution >= 4 is 23.3 Å². The maximum atomic E-state index is 12.1. The van der Waals surface area contributed by atoms with Crippen LogP contribution in [0.3, 0.4) is 0 Å². The van der Waals surface area contributed by atoms with E-state index in [4.69, 9.17) is 10.7 Å². The van der Waals surface area contributed by atoms with Crippen LogP contribution in [0.25, 0.3) is 11.4 Å². The third-order valence-electron chi connectivity index (χ3n) is 3.19. The molecular formula is C16H16N6OS. The Morgan fingerprint density at radius 1 is 1.50 bits per heavy atom. The number of Topliss-reactive ketones (excluding diaryl/α,β-unsaturated/α-hetero) is 1. The molecular weight excluding hydrogens is 324 g/mol. The molecule has 0 saturated heterocycles. The van der Waals surface area contributed by atoms with E-state index in [9.17, 15) is 4.79 Å². The smallest absolute Gasteiger partial charge is 0.192 e. The van der Waals surface area contributed by atoms with Gasteiger partial charge in [0.1, 0.15) is 5.92 Å². The van der Waals surface area contributed by atoms with Crippen LogP contribution in [-0.4, -0.2) is 37.0 Å². The third-order valence-corrected chi connectivity index (χ3v) is 4.18. The first-order valence-electron chi connectivity index (χ1n) is 7.13. The van der Waals surface area contributed by atoms with Crippen LogP contribution in [0.4, 0.5) is 0 Å². The van der Waals surface area contributed by atoms with E-state index in [0.717, 1.165) is 5.56 Å². The number of nitriles is 1. The lowest BCUT2D eigenvalue weighted by Crippen LogP contribution is -2.21. The van der Waals surface area contributed by atoms with Crippen LogP contribution < -0.4 is 0 Å². The number of thioether (sulfide) groups is 1. The minimum atomic E-state index is -1.01. The van der Waals surface area contributed by atoms with Gasteiger partial charge in [0.05, 0.1) is 11.8 Å². The highest BCUT2D eigenvalue weighted by molar-refractivity contribution is 7.99. The van der Waals surface area contributed by atoms with Gasteiger partial charge < -0.3 is 5.41 Å². The summed E-state index contributed by atoms with van der Waals surface area (Å²) in [6.07, 6.45) is 5.06. The Morgan fingerprint density at radius 2 is 2.21 bits per heavy atom. The fourth-order valence-corrected chi connectivity index (χ4v) is 2.89. The summed E-state index contributed by atoms with van der Waals surface area (Å²) in [7, 11) is 0. The van der Waals surface area contributed by atoms with Crippen LogP contribution in [0.2, 0.25) is 0 Å². The lowest BCUT2D eigenvalue weighted by atomic mass is 10.0. The fraction of sp³-hybridized carbons (Fsp3) is 0.250. The molecule has 2 aromatic heterocycles. The SMILES string of the molecule is C=CCn1c(SCC(=O)C(C#N)C(C)=N)nnc1-c1ccncc1. The summed E-state index contributed by atoms with van der Waals surface area (Å²) < 4.78 is 1.85. The van der Waals surface area contributed by atoms with E-state index in [0.29, 0.717) is 17.5 Å². The number of allylic oxidation sites excluding steroid dienone is 1. The average Bonchev–Trinajstić information content (AvgIpc) is 2.97. The van der Waals surface area contributed by atoms with Gasteiger partial charge in [-0.3, -0.25) is 14.3 Å². The van der Waals surface area contributed by atoms with Gasteiger partial charge in [-0.1, -0.05) is 17.8 Å². The largest absolute Gasteiger partial charge is 0.308 e. The molecule has 8 heteroatoms. The quantitative estimate of drug-likeness (QED) is 0.449. The highest BCUT2D eigenvalue weighted by Gasteiger charge is 2.22. The minimum absolute atomic E-state index is 0.0492. The van der Waals surface area contributed by atoms with Crippen molar-refractivity contribution in [3.05, 3.63) is 37.2 Å². The first kappa shape index (κ1) is 17.6. The summed E-state index contributed by atoms with van der Waals surface area (Å²) in [4.78, 5) is 16.0. The number of nitrogens with one attached hydrogen (secondary N) is 1. The van der Waals surface area contributed by atoms with E-state index in [-0.39, 0.29) is 17.2 Å². The Morgan fingerprint density at radius 3 is 2.79 bits per heavy atom. The van der Waals surface area contributed by atoms with Gasteiger partial charge >= 0.3 is 0 Å². The van der Waals surface area contributed by atoms with E-state index in [1.165, 1.54) is 18.7 Å². The third kappa shape index (κ3) is 3.94. The molecule has 0 aliphatic rings. The lowest BCUT2D eigenvalue weighted by molar-refractivity contribution is -0.117. The molecule has 0 aliphatic carbocycles. The predicted octanol–water partition coefficient (Wildman–Crippen LogP) is 2.37. The van der Waals surface area contributed by atoms with Crippen molar-refractivity contribution < 1.29 is 4.79 Å². The summed E-state index contributed by atoms with van der Waals surface area (Å²) in [6.45, 7) is 5.68. The molecule has 2 aromatic rings. The standard InChI is InChI=1S/C16H16N6OS/c1-3-8-22-15(12-4-6-19-7-5-12)20-21-16(22)24-10-14(23)13(9-17)11(2)18/h3-7,13,18H,1,8,10H2,2H3. The molecule has 2 rings (SSSR count). The predicted molar refractivity (Wildman–Crippen MR) is 91.7 cm³/mol. The summed E-state index contributed by atoms with van der Waals surface area (Å²) >= 11 is 1.20. The molecule has 0 aliphatic heterocycles. The van der Waals surface area contributed by atoms with E-state index in [1.807, 2.05) is 22.8 Å². The zero-order chi connectivity index (χ0) is 17.5. The average molecular weight is 340 g/mol. The maximum absolute atomic E-state index is 12.1. The molecule has 2 heterocycles. The number of ketones is 1. The van der Waals surface area contributed by atoms with Crippen LogP contribution in [-0.2, 0) is 11.3 Å². The van der Waals surface area contributed by atoms with Gasteiger partial charge in [0, 0.05) is 30.2 Å². The summed E-state index contributed by atoms with van der Waals surface area (Å²) in [5.74, 6) is -0.603. The summed E-state index contributed by atoms with van der Waals surface area (Å²) in [5, 5.41) is 25.3. The molecule has 1 N–H and O–H groups in total. The Balaban J connectivity index is 2.21. The Kier molecular flexibility index (Phi) is 5.98. The van der Waals surface area contributed by atoms with Gasteiger partial charge in [-0.05, 0) is 19.1 Å². The Bertz CT molecular complexity index is 793. The number of pyridine rings is 1. The number of carbonyl (C=O) groups excluding carboxylic acids is 1. The lowest BCUT2D eigenvalue weighted by Gasteiger charge is -2.08. The van der Waals surface area contributed by atoms with Crippen LogP contribution in [0.5, 0.6) is 0 Å². The van der Waals surface area contributed by atoms with Gasteiger partial charge in [0.15, 0.2) is 16.8 Å². The van der Waals surface area contributed by atoms with Crippen molar-refractivity contribution in [2.75, 3.05) is 5.75 Å². The molecule has 0 amide bonds. The molecule has 0 saturated carbocycles. The number of hydrogen-bond acceptors (Lipinski definition) is 7. The number of aromatic nitrogens is 4. The molecule has 0 aromatic carbocycles. The normalized spacial score (nSPS) is 11.5. The van der Waals surface area contributed by atoms with E-state index in [1.54, 1.807) is 18.5 Å². The molecule has 7 nitrogen and oxygen atoms in total. The summed E-state index contributed by atoms with van der Waals surface area (Å²) in [5.41, 5.74) is 0.913. The van der Waals surface area contributed by atoms with Gasteiger partial charge in [-0.15, -0.1) is 16.8 Å². The van der Waals surface area contributed by atoms with Crippen LogP contribution >= 0.6 is 11.8 Å². The summed E-state index contributed by atoms with van der Waals surface area (Å²) in [6, 6.07) is 5.51. The zero-order valence-corrected chi connectivity index (χ0v) is 14.0. The Hall–Kier alpha value is -2.79. The van der Waals surface area contributed by atoms with Crippen molar-refractivity contribution in [3.63, 3.8) is 0 Å². The monoisotopic (exact) mass is 340 g/mol. The second-order valence-corrected chi connectivity index (χ2v) is 5.88. The van der Waals surface area contributed by atoms with Gasteiger partial charge in [-0.25, -0.2) is 0 Å². The second-order valence-electron chi connectivity index (χ2n) is 4.94. The van der Waals surface area contributed by atoms with Crippen LogP contribution in [0, 0.1) is 22.7 Å². The molecule has 122 valence electrons. The van der Waals surface area contributed by atoms with Crippen molar-refractivity contribution in [2.45, 2.75) is 18.6 Å². The number of nitrogens with zero attached hydrogens (tertiary/aromatic N) is 5. The molecule has 0 fully saturated rings. The molecule has 24 heavy (non-hydrogen) atoms. The molecule has 1 unspecified atom stereocenters. The van der Waals surface area contributed by atoms with Crippen molar-refractivity contribution in [2.24, 2.45) is 5.92 Å². The van der Waals surface area contributed by atoms with Gasteiger partial charge in [0.25, 0.3) is 0 Å². The minimum Gasteiger partial charge on any atom is -0.308 e. The topological polar surface area (TPSA) is 108 Å². The highest BCUT2D eigenvalue weighted by atomic mass is 32.2. The van der Waals surface area contributed by atoms with Gasteiger partial charge in [0.2, 0.25) is 0 Å². The van der Waals surface area contributed by atoms with Crippen LogP contribution in [0.15, 0.2) is 42.3 Å². The zero-order valence-electron chi connectivity index (χ0n) is 13.1. The first-order chi connectivity index (χ1) is 11.6. The fourth-order valence-electron chi connectivity index (χ4n) is 2.03. The van der Waals surface area contributed by atoms with E-state index in [2.05, 4.69) is 21.8 Å². The number of hydrogen-bond donors (Lipinski definition) is 1. The molecule has 0 bridgehead atoms. The van der Waals surface area contributed by atoms with E-state index < -0.39 is 5.92 Å². The van der Waals surface area contributed by atoms with Gasteiger partial charge in [-0.2, -0.15) is 5.26 Å². The molecule has 0 radical (unpaired) electrons. The highest BCUT2D eigenvalue weighted by Crippen LogP contribution is 2.24. The molecule has 0 spiro atoms. The van der Waals surface area contributed by atoms with Crippen LogP contribution in [0.1, 0.15) is 6.92 Å². The maximum Gasteiger partial charge on any atom is 0.192 e. The number of rotatable bonds is 8. The van der Waals surface area contributed by atoms with Crippen molar-refractivity contribution in [3.8, 4) is 17.5 Å².